The van der Waals surface area contributed by atoms with Crippen molar-refractivity contribution in [1.29, 1.82) is 0 Å². The zero-order valence-electron chi connectivity index (χ0n) is 13.2. The van der Waals surface area contributed by atoms with Crippen molar-refractivity contribution in [1.82, 2.24) is 14.9 Å². The Morgan fingerprint density at radius 1 is 1.38 bits per heavy atom. The average molecular weight is 358 g/mol. The smallest absolute Gasteiger partial charge is 0.222 e. The van der Waals surface area contributed by atoms with Crippen molar-refractivity contribution < 1.29 is 4.79 Å². The molecule has 3 aromatic heterocycles. The second-order valence-corrected chi connectivity index (χ2v) is 8.06. The van der Waals surface area contributed by atoms with Crippen molar-refractivity contribution in [3.05, 3.63) is 39.2 Å². The van der Waals surface area contributed by atoms with Gasteiger partial charge in [-0.05, 0) is 36.3 Å². The predicted molar refractivity (Wildman–Crippen MR) is 98.2 cm³/mol. The van der Waals surface area contributed by atoms with Crippen LogP contribution in [0.2, 0.25) is 0 Å². The second kappa shape index (κ2) is 6.49. The summed E-state index contributed by atoms with van der Waals surface area (Å²) in [5.74, 6) is 0.793. The number of carbonyl (C=O) groups excluding carboxylic acids is 1. The molecular formula is C17H18N4OS2. The van der Waals surface area contributed by atoms with Crippen molar-refractivity contribution in [2.75, 3.05) is 12.3 Å². The van der Waals surface area contributed by atoms with Crippen molar-refractivity contribution in [3.63, 3.8) is 0 Å². The highest BCUT2D eigenvalue weighted by molar-refractivity contribution is 7.19. The summed E-state index contributed by atoms with van der Waals surface area (Å²) in [6.45, 7) is 1.43. The zero-order chi connectivity index (χ0) is 16.5. The minimum atomic E-state index is 0.244. The van der Waals surface area contributed by atoms with Crippen LogP contribution in [0, 0.1) is 0 Å². The number of thiophene rings is 2. The molecule has 24 heavy (non-hydrogen) atoms. The molecule has 5 nitrogen and oxygen atoms in total. The lowest BCUT2D eigenvalue weighted by molar-refractivity contribution is -0.132. The van der Waals surface area contributed by atoms with E-state index in [-0.39, 0.29) is 5.91 Å². The third kappa shape index (κ3) is 2.89. The summed E-state index contributed by atoms with van der Waals surface area (Å²) in [6.07, 6.45) is 4.85. The number of aromatic nitrogens is 2. The van der Waals surface area contributed by atoms with Crippen LogP contribution in [0.5, 0.6) is 0 Å². The first-order valence-corrected chi connectivity index (χ1v) is 9.73. The summed E-state index contributed by atoms with van der Waals surface area (Å²) in [6, 6.07) is 4.19. The molecule has 0 fully saturated rings. The van der Waals surface area contributed by atoms with Gasteiger partial charge in [0.2, 0.25) is 5.91 Å². The number of aryl methyl sites for hydroxylation is 1. The molecule has 0 saturated carbocycles. The highest BCUT2D eigenvalue weighted by Crippen LogP contribution is 2.36. The Morgan fingerprint density at radius 3 is 3.12 bits per heavy atom. The molecule has 0 saturated heterocycles. The van der Waals surface area contributed by atoms with Crippen molar-refractivity contribution in [2.45, 2.75) is 32.2 Å². The van der Waals surface area contributed by atoms with Gasteiger partial charge in [-0.15, -0.1) is 22.7 Å². The largest absolute Gasteiger partial charge is 0.383 e. The summed E-state index contributed by atoms with van der Waals surface area (Å²) in [5, 5.41) is 3.07. The Balaban J connectivity index is 1.43. The first kappa shape index (κ1) is 15.5. The fourth-order valence-electron chi connectivity index (χ4n) is 3.19. The van der Waals surface area contributed by atoms with Crippen LogP contribution in [0.3, 0.4) is 0 Å². The van der Waals surface area contributed by atoms with Gasteiger partial charge < -0.3 is 10.6 Å². The summed E-state index contributed by atoms with van der Waals surface area (Å²) in [7, 11) is 0. The molecule has 0 aromatic carbocycles. The van der Waals surface area contributed by atoms with Gasteiger partial charge in [0.15, 0.2) is 0 Å². The van der Waals surface area contributed by atoms with Gasteiger partial charge in [0.25, 0.3) is 0 Å². The van der Waals surface area contributed by atoms with Crippen LogP contribution in [0.15, 0.2) is 23.8 Å². The lowest BCUT2D eigenvalue weighted by atomic mass is 10.0. The maximum Gasteiger partial charge on any atom is 0.222 e. The van der Waals surface area contributed by atoms with Crippen molar-refractivity contribution >= 4 is 44.6 Å². The topological polar surface area (TPSA) is 72.1 Å². The third-order valence-corrected chi connectivity index (χ3v) is 6.47. The maximum atomic E-state index is 12.5. The third-order valence-electron chi connectivity index (χ3n) is 4.41. The van der Waals surface area contributed by atoms with E-state index in [9.17, 15) is 4.79 Å². The molecule has 0 aliphatic carbocycles. The standard InChI is InChI=1S/C17H18N4OS2/c18-16-15-12-6-7-21(9-13(12)24-17(15)20-10-19-16)14(22)5-1-3-11-4-2-8-23-11/h2,4,8,10H,1,3,5-7,9H2,(H2,18,19,20). The number of fused-ring (bicyclic) bond motifs is 3. The Morgan fingerprint density at radius 2 is 2.29 bits per heavy atom. The first-order chi connectivity index (χ1) is 11.7. The van der Waals surface area contributed by atoms with E-state index < -0.39 is 0 Å². The van der Waals surface area contributed by atoms with E-state index in [1.165, 1.54) is 21.6 Å². The normalized spacial score (nSPS) is 14.1. The molecule has 1 aliphatic heterocycles. The van der Waals surface area contributed by atoms with E-state index in [1.807, 2.05) is 4.90 Å². The van der Waals surface area contributed by atoms with Crippen LogP contribution in [0.1, 0.15) is 28.2 Å². The molecular weight excluding hydrogens is 340 g/mol. The number of nitrogens with zero attached hydrogens (tertiary/aromatic N) is 3. The van der Waals surface area contributed by atoms with Gasteiger partial charge in [0, 0.05) is 22.7 Å². The number of anilines is 1. The van der Waals surface area contributed by atoms with Gasteiger partial charge in [0.1, 0.15) is 17.0 Å². The van der Waals surface area contributed by atoms with E-state index in [0.29, 0.717) is 18.8 Å². The molecule has 3 aromatic rings. The van der Waals surface area contributed by atoms with Gasteiger partial charge in [-0.2, -0.15) is 0 Å². The molecule has 0 spiro atoms. The van der Waals surface area contributed by atoms with Crippen molar-refractivity contribution in [2.24, 2.45) is 0 Å². The van der Waals surface area contributed by atoms with Crippen LogP contribution in [-0.4, -0.2) is 27.3 Å². The lowest BCUT2D eigenvalue weighted by Crippen LogP contribution is -2.35. The molecule has 2 N–H and O–H groups in total. The van der Waals surface area contributed by atoms with E-state index in [2.05, 4.69) is 27.5 Å². The number of amides is 1. The Hall–Kier alpha value is -1.99. The molecule has 0 atom stereocenters. The minimum absolute atomic E-state index is 0.244. The highest BCUT2D eigenvalue weighted by atomic mass is 32.1. The van der Waals surface area contributed by atoms with Gasteiger partial charge >= 0.3 is 0 Å². The molecule has 1 amide bonds. The SMILES string of the molecule is Nc1ncnc2sc3c(c12)CCN(C(=O)CCCc1cccs1)C3. The number of hydrogen-bond acceptors (Lipinski definition) is 6. The Bertz CT molecular complexity index is 872. The van der Waals surface area contributed by atoms with Crippen LogP contribution >= 0.6 is 22.7 Å². The fraction of sp³-hybridized carbons (Fsp3) is 0.353. The Labute approximate surface area is 148 Å². The fourth-order valence-corrected chi connectivity index (χ4v) is 5.15. The molecule has 7 heteroatoms. The van der Waals surface area contributed by atoms with Crippen LogP contribution in [0.25, 0.3) is 10.2 Å². The molecule has 1 aliphatic rings. The summed E-state index contributed by atoms with van der Waals surface area (Å²) in [5.41, 5.74) is 7.24. The highest BCUT2D eigenvalue weighted by Gasteiger charge is 2.25. The number of hydrogen-bond donors (Lipinski definition) is 1. The first-order valence-electron chi connectivity index (χ1n) is 8.03. The molecule has 124 valence electrons. The van der Waals surface area contributed by atoms with Gasteiger partial charge in [-0.1, -0.05) is 6.07 Å². The van der Waals surface area contributed by atoms with Crippen LogP contribution < -0.4 is 5.73 Å². The van der Waals surface area contributed by atoms with E-state index in [1.54, 1.807) is 22.7 Å². The monoisotopic (exact) mass is 358 g/mol. The van der Waals surface area contributed by atoms with Crippen LogP contribution in [0.4, 0.5) is 5.82 Å². The molecule has 0 unspecified atom stereocenters. The quantitative estimate of drug-likeness (QED) is 0.777. The Kier molecular flexibility index (Phi) is 4.20. The predicted octanol–water partition coefficient (Wildman–Crippen LogP) is 3.24. The van der Waals surface area contributed by atoms with E-state index in [4.69, 9.17) is 5.73 Å². The van der Waals surface area contributed by atoms with Crippen molar-refractivity contribution in [3.8, 4) is 0 Å². The summed E-state index contributed by atoms with van der Waals surface area (Å²) < 4.78 is 0. The van der Waals surface area contributed by atoms with E-state index in [0.717, 1.165) is 36.0 Å². The minimum Gasteiger partial charge on any atom is -0.383 e. The second-order valence-electron chi connectivity index (χ2n) is 5.94. The lowest BCUT2D eigenvalue weighted by Gasteiger charge is -2.27. The number of nitrogen functional groups attached to an aromatic ring is 1. The summed E-state index contributed by atoms with van der Waals surface area (Å²) >= 11 is 3.39. The number of carbonyl (C=O) groups is 1. The van der Waals surface area contributed by atoms with E-state index >= 15 is 0 Å². The number of nitrogens with two attached hydrogens (primary N) is 1. The zero-order valence-corrected chi connectivity index (χ0v) is 14.8. The number of rotatable bonds is 4. The van der Waals surface area contributed by atoms with Gasteiger partial charge in [-0.25, -0.2) is 9.97 Å². The average Bonchev–Trinajstić information content (AvgIpc) is 3.21. The van der Waals surface area contributed by atoms with Gasteiger partial charge in [-0.3, -0.25) is 4.79 Å². The summed E-state index contributed by atoms with van der Waals surface area (Å²) in [4.78, 5) is 26.4. The maximum absolute atomic E-state index is 12.5. The molecule has 4 rings (SSSR count). The molecule has 0 bridgehead atoms. The molecule has 0 radical (unpaired) electrons. The molecule has 4 heterocycles. The van der Waals surface area contributed by atoms with Crippen LogP contribution in [-0.2, 0) is 24.2 Å². The van der Waals surface area contributed by atoms with Gasteiger partial charge in [0.05, 0.1) is 11.9 Å².